The fraction of sp³-hybridized carbons (Fsp3) is 0.765. The van der Waals surface area contributed by atoms with Crippen LogP contribution in [0.2, 0.25) is 0 Å². The Morgan fingerprint density at radius 1 is 1.41 bits per heavy atom. The Kier molecular flexibility index (Phi) is 11.6. The van der Waals surface area contributed by atoms with Crippen molar-refractivity contribution in [1.82, 2.24) is 14.6 Å². The lowest BCUT2D eigenvalue weighted by atomic mass is 10.2. The first-order chi connectivity index (χ1) is 15.3. The van der Waals surface area contributed by atoms with Gasteiger partial charge in [0.05, 0.1) is 6.61 Å². The largest absolute Gasteiger partial charge is 0.491 e. The first-order valence-electron chi connectivity index (χ1n) is 10.4. The van der Waals surface area contributed by atoms with Crippen LogP contribution in [0.1, 0.15) is 52.2 Å². The molecule has 3 N–H and O–H groups in total. The molecule has 2 unspecified atom stereocenters. The number of nitrogens with zero attached hydrogens (tertiary/aromatic N) is 3. The maximum atomic E-state index is 12.5. The fourth-order valence-corrected chi connectivity index (χ4v) is 4.08. The first kappa shape index (κ1) is 27.3. The molecule has 15 heteroatoms. The summed E-state index contributed by atoms with van der Waals surface area (Å²) in [6.45, 7) is 4.96. The predicted molar refractivity (Wildman–Crippen MR) is 116 cm³/mol. The summed E-state index contributed by atoms with van der Waals surface area (Å²) in [4.78, 5) is 31.3. The van der Waals surface area contributed by atoms with E-state index in [2.05, 4.69) is 4.98 Å². The van der Waals surface area contributed by atoms with E-state index >= 15 is 0 Å². The Morgan fingerprint density at radius 3 is 2.84 bits per heavy atom. The molecule has 32 heavy (non-hydrogen) atoms. The number of hydroxylamine groups is 2. The van der Waals surface area contributed by atoms with Gasteiger partial charge in [-0.15, -0.1) is 0 Å². The molecule has 5 atom stereocenters. The summed E-state index contributed by atoms with van der Waals surface area (Å²) in [5, 5.41) is 1.22. The van der Waals surface area contributed by atoms with Crippen molar-refractivity contribution in [2.45, 2.75) is 64.6 Å². The number of phosphoric ester groups is 1. The monoisotopic (exact) mass is 498 g/mol. The average molecular weight is 498 g/mol. The summed E-state index contributed by atoms with van der Waals surface area (Å²) in [6.07, 6.45) is 1.77. The number of hydrogen-bond donors (Lipinski definition) is 2. The highest BCUT2D eigenvalue weighted by Gasteiger charge is 2.44. The molecular weight excluding hydrogens is 466 g/mol. The quantitative estimate of drug-likeness (QED) is 0.158. The highest BCUT2D eigenvalue weighted by molar-refractivity contribution is 7.47. The van der Waals surface area contributed by atoms with Crippen molar-refractivity contribution in [3.05, 3.63) is 22.7 Å². The Bertz CT molecular complexity index is 800. The first-order valence-corrected chi connectivity index (χ1v) is 12.7. The highest BCUT2D eigenvalue weighted by atomic mass is 31.2. The molecule has 0 bridgehead atoms. The van der Waals surface area contributed by atoms with Gasteiger partial charge in [-0.05, 0) is 18.9 Å². The maximum absolute atomic E-state index is 12.5. The van der Waals surface area contributed by atoms with Gasteiger partial charge in [-0.2, -0.15) is 19.3 Å². The molecule has 0 radical (unpaired) electrons. The minimum absolute atomic E-state index is 0.0574. The van der Waals surface area contributed by atoms with E-state index in [0.717, 1.165) is 25.7 Å². The van der Waals surface area contributed by atoms with Gasteiger partial charge in [0.1, 0.15) is 18.1 Å². The molecule has 0 spiro atoms. The second kappa shape index (κ2) is 13.7. The Labute approximate surface area is 188 Å². The van der Waals surface area contributed by atoms with Gasteiger partial charge in [0, 0.05) is 26.2 Å². The number of ether oxygens (including phenoxy) is 1. The average Bonchev–Trinajstić information content (AvgIpc) is 3.10. The molecule has 2 rings (SSSR count). The topological polar surface area (TPSA) is 157 Å². The zero-order valence-electron chi connectivity index (χ0n) is 18.4. The van der Waals surface area contributed by atoms with Crippen LogP contribution >= 0.6 is 16.9 Å². The molecule has 2 heterocycles. The standard InChI is InChI=1S/C17H32N4O9P2/c1-4-6-9-20(3)29-32(23,24)28-16-13(27-30-31-25-11-7-5-2)12-15(26-16)21-10-8-14(18)19-17(21)22/h8,10,13,15-16,31H,4-7,9,11-12H2,1-3H3,(H,23,24)(H2,18,19,22)/t13-,15+,16+/m0/s1. The summed E-state index contributed by atoms with van der Waals surface area (Å²) >= 11 is 0. The molecule has 1 aliphatic heterocycles. The number of aromatic nitrogens is 2. The van der Waals surface area contributed by atoms with Crippen LogP contribution in [0.5, 0.6) is 0 Å². The van der Waals surface area contributed by atoms with E-state index in [0.29, 0.717) is 13.2 Å². The van der Waals surface area contributed by atoms with Crippen LogP contribution in [0.25, 0.3) is 0 Å². The molecule has 0 aromatic carbocycles. The lowest BCUT2D eigenvalue weighted by molar-refractivity contribution is -0.276. The molecule has 0 aliphatic carbocycles. The van der Waals surface area contributed by atoms with Gasteiger partial charge in [0.15, 0.2) is 9.03 Å². The van der Waals surface area contributed by atoms with Crippen molar-refractivity contribution < 1.29 is 37.4 Å². The minimum atomic E-state index is -4.55. The van der Waals surface area contributed by atoms with E-state index in [9.17, 15) is 14.3 Å². The van der Waals surface area contributed by atoms with Crippen LogP contribution in [0, 0.1) is 0 Å². The van der Waals surface area contributed by atoms with Crippen molar-refractivity contribution in [2.24, 2.45) is 0 Å². The molecule has 1 aliphatic rings. The summed E-state index contributed by atoms with van der Waals surface area (Å²) in [5.74, 6) is 0.0574. The third-order valence-electron chi connectivity index (χ3n) is 4.36. The van der Waals surface area contributed by atoms with Gasteiger partial charge in [0.25, 0.3) is 0 Å². The van der Waals surface area contributed by atoms with Gasteiger partial charge < -0.3 is 19.9 Å². The highest BCUT2D eigenvalue weighted by Crippen LogP contribution is 2.48. The van der Waals surface area contributed by atoms with Crippen molar-refractivity contribution in [2.75, 3.05) is 25.9 Å². The number of hydrogen-bond acceptors (Lipinski definition) is 11. The van der Waals surface area contributed by atoms with Crippen LogP contribution in [0.4, 0.5) is 5.82 Å². The number of nitrogens with two attached hydrogens (primary N) is 1. The molecular formula is C17H32N4O9P2. The lowest BCUT2D eigenvalue weighted by Crippen LogP contribution is -2.28. The van der Waals surface area contributed by atoms with E-state index in [1.165, 1.54) is 28.9 Å². The lowest BCUT2D eigenvalue weighted by Gasteiger charge is -2.23. The number of unbranched alkanes of at least 4 members (excludes halogenated alkanes) is 2. The van der Waals surface area contributed by atoms with E-state index in [-0.39, 0.29) is 12.2 Å². The number of rotatable bonds is 15. The zero-order valence-corrected chi connectivity index (χ0v) is 20.3. The minimum Gasteiger partial charge on any atom is -0.383 e. The van der Waals surface area contributed by atoms with Gasteiger partial charge >= 0.3 is 13.5 Å². The summed E-state index contributed by atoms with van der Waals surface area (Å²) < 4.78 is 39.9. The molecule has 0 saturated carbocycles. The van der Waals surface area contributed by atoms with Crippen molar-refractivity contribution >= 4 is 22.7 Å². The van der Waals surface area contributed by atoms with E-state index in [1.54, 1.807) is 0 Å². The molecule has 184 valence electrons. The predicted octanol–water partition coefficient (Wildman–Crippen LogP) is 2.49. The van der Waals surface area contributed by atoms with E-state index in [1.807, 2.05) is 13.8 Å². The molecule has 1 aromatic heterocycles. The maximum Gasteiger partial charge on any atom is 0.491 e. The molecule has 1 fully saturated rings. The van der Waals surface area contributed by atoms with Crippen LogP contribution < -0.4 is 11.4 Å². The fourth-order valence-electron chi connectivity index (χ4n) is 2.72. The second-order valence-electron chi connectivity index (χ2n) is 7.10. The van der Waals surface area contributed by atoms with Gasteiger partial charge in [-0.1, -0.05) is 26.7 Å². The molecule has 13 nitrogen and oxygen atoms in total. The van der Waals surface area contributed by atoms with Crippen LogP contribution in [0.15, 0.2) is 17.1 Å². The van der Waals surface area contributed by atoms with Crippen LogP contribution in [0.3, 0.4) is 0 Å². The van der Waals surface area contributed by atoms with E-state index in [4.69, 9.17) is 33.7 Å². The Hall–Kier alpha value is -0.980. The van der Waals surface area contributed by atoms with Crippen molar-refractivity contribution in [3.63, 3.8) is 0 Å². The third kappa shape index (κ3) is 9.11. The van der Waals surface area contributed by atoms with Crippen molar-refractivity contribution in [1.29, 1.82) is 0 Å². The summed E-state index contributed by atoms with van der Waals surface area (Å²) in [7, 11) is -3.44. The smallest absolute Gasteiger partial charge is 0.383 e. The Balaban J connectivity index is 2.03. The van der Waals surface area contributed by atoms with Crippen molar-refractivity contribution in [3.8, 4) is 0 Å². The molecule has 1 saturated heterocycles. The number of anilines is 1. The van der Waals surface area contributed by atoms with E-state index < -0.39 is 41.2 Å². The van der Waals surface area contributed by atoms with Crippen LogP contribution in [-0.4, -0.2) is 52.1 Å². The SMILES string of the molecule is CCCCOPOO[C@H]1C[C@H](n2ccc(N)nc2=O)O[C@@H]1OP(=O)(O)ON(C)CCCC. The molecule has 0 amide bonds. The number of phosphoric acid groups is 1. The van der Waals surface area contributed by atoms with Gasteiger partial charge in [-0.3, -0.25) is 9.09 Å². The Morgan fingerprint density at radius 2 is 2.16 bits per heavy atom. The normalized spacial score (nSPS) is 23.3. The zero-order chi connectivity index (χ0) is 23.6. The van der Waals surface area contributed by atoms with Gasteiger partial charge in [-0.25, -0.2) is 14.2 Å². The number of nitrogen functional groups attached to an aromatic ring is 1. The summed E-state index contributed by atoms with van der Waals surface area (Å²) in [6, 6.07) is 1.43. The third-order valence-corrected chi connectivity index (χ3v) is 5.81. The van der Waals surface area contributed by atoms with Gasteiger partial charge in [0.2, 0.25) is 6.29 Å². The second-order valence-corrected chi connectivity index (χ2v) is 9.03. The van der Waals surface area contributed by atoms with Crippen LogP contribution in [-0.2, 0) is 32.5 Å². The summed E-state index contributed by atoms with van der Waals surface area (Å²) in [5.41, 5.74) is 4.87. The molecule has 1 aromatic rings.